The average molecular weight is 312 g/mol. The van der Waals surface area contributed by atoms with E-state index in [0.29, 0.717) is 5.36 Å². The third-order valence-corrected chi connectivity index (χ3v) is 3.95. The molecule has 6 nitrogen and oxygen atoms in total. The number of nitrogens with zero attached hydrogens (tertiary/aromatic N) is 4. The van der Waals surface area contributed by atoms with Crippen LogP contribution >= 0.6 is 0 Å². The molecule has 23 heavy (non-hydrogen) atoms. The van der Waals surface area contributed by atoms with Crippen molar-refractivity contribution in [3.05, 3.63) is 41.0 Å². The van der Waals surface area contributed by atoms with Crippen LogP contribution in [0.4, 0.5) is 0 Å². The molecule has 0 unspecified atom stereocenters. The molecule has 0 N–H and O–H groups in total. The van der Waals surface area contributed by atoms with E-state index in [2.05, 4.69) is 15.1 Å². The van der Waals surface area contributed by atoms with Crippen LogP contribution < -0.4 is 5.36 Å². The van der Waals surface area contributed by atoms with Crippen LogP contribution in [0.15, 0.2) is 29.4 Å². The molecule has 2 heterocycles. The molecule has 0 atom stereocenters. The van der Waals surface area contributed by atoms with Gasteiger partial charge in [0.25, 0.3) is 5.91 Å². The number of likely N-dealkylation sites (tertiary alicyclic amines) is 1. The summed E-state index contributed by atoms with van der Waals surface area (Å²) in [4.78, 5) is 28.1. The number of carbonyl (C=O) groups excluding carboxylic acids is 1. The van der Waals surface area contributed by atoms with Gasteiger partial charge in [-0.1, -0.05) is 17.3 Å². The monoisotopic (exact) mass is 312 g/mol. The summed E-state index contributed by atoms with van der Waals surface area (Å²) >= 11 is 0. The van der Waals surface area contributed by atoms with Crippen LogP contribution in [0.2, 0.25) is 0 Å². The lowest BCUT2D eigenvalue weighted by Crippen LogP contribution is -2.31. The highest BCUT2D eigenvalue weighted by molar-refractivity contribution is 5.77. The third kappa shape index (κ3) is 3.47. The molecule has 0 aliphatic carbocycles. The van der Waals surface area contributed by atoms with E-state index in [-0.39, 0.29) is 12.5 Å². The molecule has 0 spiro atoms. The lowest BCUT2D eigenvalue weighted by molar-refractivity contribution is -0.135. The minimum atomic E-state index is -0.0446. The number of fused-ring (bicyclic) bond motifs is 1. The van der Waals surface area contributed by atoms with Crippen molar-refractivity contribution in [3.63, 3.8) is 0 Å². The Kier molecular flexibility index (Phi) is 4.50. The van der Waals surface area contributed by atoms with Gasteiger partial charge in [-0.25, -0.2) is 9.97 Å². The van der Waals surface area contributed by atoms with Crippen molar-refractivity contribution in [3.8, 4) is 0 Å². The van der Waals surface area contributed by atoms with Gasteiger partial charge in [-0.05, 0) is 38.8 Å². The number of amides is 1. The van der Waals surface area contributed by atoms with E-state index < -0.39 is 0 Å². The van der Waals surface area contributed by atoms with Crippen LogP contribution in [-0.2, 0) is 9.63 Å². The Hall–Kier alpha value is -2.50. The number of aromatic nitrogens is 2. The Morgan fingerprint density at radius 1 is 1.13 bits per heavy atom. The fourth-order valence-electron chi connectivity index (χ4n) is 2.72. The molecule has 0 saturated carbocycles. The van der Waals surface area contributed by atoms with Crippen LogP contribution in [0.1, 0.15) is 24.2 Å². The summed E-state index contributed by atoms with van der Waals surface area (Å²) in [6, 6.07) is 7.67. The standard InChI is InChI=1S/C17H20N4O2/c1-12-17(20-23-11-16(22)21-9-5-6-10-21)13(2)19-15-8-4-3-7-14(15)18-12/h3-4,7-8H,5-6,9-11H2,1-2H3. The molecule has 2 aromatic rings. The van der Waals surface area contributed by atoms with Gasteiger partial charge in [0.05, 0.1) is 22.4 Å². The molecule has 3 rings (SSSR count). The summed E-state index contributed by atoms with van der Waals surface area (Å²) in [6.45, 7) is 5.32. The molecule has 120 valence electrons. The molecule has 1 aliphatic rings. The average Bonchev–Trinajstić information content (AvgIpc) is 3.03. The molecule has 6 heteroatoms. The molecule has 1 aromatic heterocycles. The first kappa shape index (κ1) is 15.4. The molecule has 1 amide bonds. The third-order valence-electron chi connectivity index (χ3n) is 3.95. The number of aryl methyl sites for hydroxylation is 2. The van der Waals surface area contributed by atoms with Gasteiger partial charge in [0.15, 0.2) is 6.61 Å². The second-order valence-electron chi connectivity index (χ2n) is 5.68. The number of rotatable bonds is 3. The molecule has 0 radical (unpaired) electrons. The molecule has 1 aromatic carbocycles. The largest absolute Gasteiger partial charge is 0.385 e. The zero-order chi connectivity index (χ0) is 16.2. The van der Waals surface area contributed by atoms with Gasteiger partial charge in [0.1, 0.15) is 5.36 Å². The fraction of sp³-hybridized carbons (Fsp3) is 0.412. The first-order valence-electron chi connectivity index (χ1n) is 7.83. The maximum atomic E-state index is 12.0. The van der Waals surface area contributed by atoms with Crippen molar-refractivity contribution >= 4 is 16.9 Å². The normalized spacial score (nSPS) is 14.1. The first-order valence-corrected chi connectivity index (χ1v) is 7.83. The summed E-state index contributed by atoms with van der Waals surface area (Å²) in [7, 11) is 0. The Morgan fingerprint density at radius 2 is 1.70 bits per heavy atom. The van der Waals surface area contributed by atoms with E-state index in [4.69, 9.17) is 4.84 Å². The van der Waals surface area contributed by atoms with Gasteiger partial charge in [-0.2, -0.15) is 0 Å². The van der Waals surface area contributed by atoms with Gasteiger partial charge in [0, 0.05) is 13.1 Å². The van der Waals surface area contributed by atoms with Crippen LogP contribution in [0, 0.1) is 13.8 Å². The molecule has 0 bridgehead atoms. The predicted molar refractivity (Wildman–Crippen MR) is 86.3 cm³/mol. The molecule has 1 fully saturated rings. The fourth-order valence-corrected chi connectivity index (χ4v) is 2.72. The first-order chi connectivity index (χ1) is 11.1. The highest BCUT2D eigenvalue weighted by atomic mass is 16.6. The predicted octanol–water partition coefficient (Wildman–Crippen LogP) is 1.70. The van der Waals surface area contributed by atoms with E-state index in [1.54, 1.807) is 0 Å². The van der Waals surface area contributed by atoms with Crippen molar-refractivity contribution in [1.82, 2.24) is 14.9 Å². The Balaban J connectivity index is 1.85. The van der Waals surface area contributed by atoms with E-state index in [1.165, 1.54) is 0 Å². The number of hydrogen-bond acceptors (Lipinski definition) is 5. The van der Waals surface area contributed by atoms with Crippen molar-refractivity contribution in [2.45, 2.75) is 26.7 Å². The molecule has 1 saturated heterocycles. The smallest absolute Gasteiger partial charge is 0.263 e. The van der Waals surface area contributed by atoms with Crippen molar-refractivity contribution in [2.24, 2.45) is 5.16 Å². The maximum absolute atomic E-state index is 12.0. The van der Waals surface area contributed by atoms with Crippen molar-refractivity contribution in [1.29, 1.82) is 0 Å². The second-order valence-corrected chi connectivity index (χ2v) is 5.68. The Labute approximate surface area is 134 Å². The number of carbonyl (C=O) groups is 1. The van der Waals surface area contributed by atoms with E-state index in [0.717, 1.165) is 48.4 Å². The van der Waals surface area contributed by atoms with Gasteiger partial charge in [-0.15, -0.1) is 0 Å². The van der Waals surface area contributed by atoms with Crippen molar-refractivity contribution < 1.29 is 9.63 Å². The Morgan fingerprint density at radius 3 is 2.26 bits per heavy atom. The molecular formula is C17H20N4O2. The molecule has 1 aliphatic heterocycles. The van der Waals surface area contributed by atoms with Gasteiger partial charge < -0.3 is 9.74 Å². The van der Waals surface area contributed by atoms with Crippen LogP contribution in [0.3, 0.4) is 0 Å². The lowest BCUT2D eigenvalue weighted by Gasteiger charge is -2.13. The molecular weight excluding hydrogens is 292 g/mol. The maximum Gasteiger partial charge on any atom is 0.263 e. The summed E-state index contributed by atoms with van der Waals surface area (Å²) < 4.78 is 0. The zero-order valence-corrected chi connectivity index (χ0v) is 13.5. The van der Waals surface area contributed by atoms with Gasteiger partial charge in [0.2, 0.25) is 0 Å². The minimum absolute atomic E-state index is 0.0204. The van der Waals surface area contributed by atoms with Crippen LogP contribution in [0.5, 0.6) is 0 Å². The summed E-state index contributed by atoms with van der Waals surface area (Å²) in [6.07, 6.45) is 2.13. The zero-order valence-electron chi connectivity index (χ0n) is 13.5. The number of para-hydroxylation sites is 2. The van der Waals surface area contributed by atoms with E-state index >= 15 is 0 Å². The summed E-state index contributed by atoms with van der Waals surface area (Å²) in [5.41, 5.74) is 3.07. The highest BCUT2D eigenvalue weighted by Gasteiger charge is 2.17. The quantitative estimate of drug-likeness (QED) is 0.809. The Bertz CT molecular complexity index is 751. The highest BCUT2D eigenvalue weighted by Crippen LogP contribution is 2.08. The number of benzene rings is 1. The second kappa shape index (κ2) is 6.73. The summed E-state index contributed by atoms with van der Waals surface area (Å²) in [5.74, 6) is -0.0204. The van der Waals surface area contributed by atoms with E-state index in [9.17, 15) is 4.79 Å². The van der Waals surface area contributed by atoms with Crippen LogP contribution in [-0.4, -0.2) is 40.5 Å². The van der Waals surface area contributed by atoms with E-state index in [1.807, 2.05) is 43.0 Å². The SMILES string of the molecule is Cc1nc2ccccc2nc(C)c1=NOCC(=O)N1CCCC1. The lowest BCUT2D eigenvalue weighted by atomic mass is 10.3. The van der Waals surface area contributed by atoms with Gasteiger partial charge in [-0.3, -0.25) is 4.79 Å². The topological polar surface area (TPSA) is 67.7 Å². The van der Waals surface area contributed by atoms with Gasteiger partial charge >= 0.3 is 0 Å². The van der Waals surface area contributed by atoms with Crippen molar-refractivity contribution in [2.75, 3.05) is 19.7 Å². The number of hydrogen-bond donors (Lipinski definition) is 0. The minimum Gasteiger partial charge on any atom is -0.385 e. The van der Waals surface area contributed by atoms with Crippen LogP contribution in [0.25, 0.3) is 11.0 Å². The summed E-state index contributed by atoms with van der Waals surface area (Å²) in [5, 5.41) is 4.69.